The lowest BCUT2D eigenvalue weighted by Gasteiger charge is -2.35. The molecule has 2 atom stereocenters. The summed E-state index contributed by atoms with van der Waals surface area (Å²) in [5.74, 6) is -1.55. The molecule has 0 aromatic rings. The van der Waals surface area contributed by atoms with Crippen molar-refractivity contribution >= 4 is 11.9 Å². The van der Waals surface area contributed by atoms with E-state index in [2.05, 4.69) is 6.92 Å². The largest absolute Gasteiger partial charge is 0.445 e. The van der Waals surface area contributed by atoms with Crippen LogP contribution in [0, 0.1) is 0 Å². The third-order valence-electron chi connectivity index (χ3n) is 6.04. The van der Waals surface area contributed by atoms with Gasteiger partial charge in [-0.2, -0.15) is 0 Å². The summed E-state index contributed by atoms with van der Waals surface area (Å²) in [5.41, 5.74) is -1.60. The van der Waals surface area contributed by atoms with Gasteiger partial charge in [0.2, 0.25) is 11.7 Å². The van der Waals surface area contributed by atoms with Crippen molar-refractivity contribution in [3.8, 4) is 0 Å². The van der Waals surface area contributed by atoms with Crippen LogP contribution in [-0.4, -0.2) is 47.1 Å². The number of aliphatic hydroxyl groups excluding tert-OH is 2. The summed E-state index contributed by atoms with van der Waals surface area (Å²) in [4.78, 5) is 23.8. The zero-order chi connectivity index (χ0) is 22.1. The molecule has 0 spiro atoms. The highest BCUT2D eigenvalue weighted by Crippen LogP contribution is 2.27. The Labute approximate surface area is 182 Å². The summed E-state index contributed by atoms with van der Waals surface area (Å²) in [5, 5.41) is 18.6. The van der Waals surface area contributed by atoms with Crippen LogP contribution in [0.2, 0.25) is 0 Å². The molecule has 1 heterocycles. The Morgan fingerprint density at radius 1 is 0.733 bits per heavy atom. The number of hydrogen-bond donors (Lipinski definition) is 2. The van der Waals surface area contributed by atoms with Gasteiger partial charge in [-0.05, 0) is 6.42 Å². The minimum Gasteiger partial charge on any atom is -0.445 e. The summed E-state index contributed by atoms with van der Waals surface area (Å²) < 4.78 is 10.1. The van der Waals surface area contributed by atoms with E-state index in [1.165, 1.54) is 83.5 Å². The van der Waals surface area contributed by atoms with Gasteiger partial charge in [-0.25, -0.2) is 9.59 Å². The molecule has 0 radical (unpaired) electrons. The number of aliphatic hydroxyl groups is 2. The number of unbranched alkanes of at least 4 members (excludes halogenated alkanes) is 15. The first-order valence-electron chi connectivity index (χ1n) is 12.2. The highest BCUT2D eigenvalue weighted by atomic mass is 16.7. The second kappa shape index (κ2) is 16.5. The lowest BCUT2D eigenvalue weighted by Crippen LogP contribution is -2.56. The minimum atomic E-state index is -1.60. The van der Waals surface area contributed by atoms with Crippen molar-refractivity contribution in [2.45, 2.75) is 128 Å². The molecule has 1 aliphatic rings. The summed E-state index contributed by atoms with van der Waals surface area (Å²) in [7, 11) is 0. The minimum absolute atomic E-state index is 0.255. The van der Waals surface area contributed by atoms with Crippen LogP contribution < -0.4 is 0 Å². The SMILES string of the molecule is CCCCCCCCCCCCCCCCCCC1(CO)OC(=O)C(CO)OC1=O. The first-order chi connectivity index (χ1) is 14.6. The van der Waals surface area contributed by atoms with Crippen LogP contribution in [0.25, 0.3) is 0 Å². The lowest BCUT2D eigenvalue weighted by atomic mass is 9.94. The molecule has 2 N–H and O–H groups in total. The van der Waals surface area contributed by atoms with Crippen molar-refractivity contribution in [2.75, 3.05) is 13.2 Å². The highest BCUT2D eigenvalue weighted by Gasteiger charge is 2.50. The normalized spacial score (nSPS) is 21.5. The van der Waals surface area contributed by atoms with Gasteiger partial charge in [-0.3, -0.25) is 0 Å². The molecule has 6 nitrogen and oxygen atoms in total. The Hall–Kier alpha value is -1.14. The maximum atomic E-state index is 12.1. The van der Waals surface area contributed by atoms with Gasteiger partial charge in [0, 0.05) is 6.42 Å². The maximum Gasteiger partial charge on any atom is 0.354 e. The third-order valence-corrected chi connectivity index (χ3v) is 6.04. The van der Waals surface area contributed by atoms with Crippen LogP contribution in [0.3, 0.4) is 0 Å². The molecule has 1 fully saturated rings. The quantitative estimate of drug-likeness (QED) is 0.226. The van der Waals surface area contributed by atoms with Crippen LogP contribution in [0.5, 0.6) is 0 Å². The van der Waals surface area contributed by atoms with Crippen molar-refractivity contribution in [1.82, 2.24) is 0 Å². The lowest BCUT2D eigenvalue weighted by molar-refractivity contribution is -0.219. The van der Waals surface area contributed by atoms with E-state index in [0.29, 0.717) is 6.42 Å². The van der Waals surface area contributed by atoms with Crippen molar-refractivity contribution in [3.05, 3.63) is 0 Å². The number of carbonyl (C=O) groups excluding carboxylic acids is 2. The molecule has 0 aromatic heterocycles. The molecule has 0 amide bonds. The molecular formula is C24H44O6. The molecule has 1 rings (SSSR count). The second-order valence-electron chi connectivity index (χ2n) is 8.70. The van der Waals surface area contributed by atoms with Gasteiger partial charge in [0.05, 0.1) is 13.2 Å². The van der Waals surface area contributed by atoms with E-state index in [1.807, 2.05) is 0 Å². The van der Waals surface area contributed by atoms with Crippen molar-refractivity contribution < 1.29 is 29.3 Å². The van der Waals surface area contributed by atoms with E-state index in [1.54, 1.807) is 0 Å². The Balaban J connectivity index is 1.97. The van der Waals surface area contributed by atoms with Crippen LogP contribution in [0.4, 0.5) is 0 Å². The molecule has 2 unspecified atom stereocenters. The maximum absolute atomic E-state index is 12.1. The van der Waals surface area contributed by atoms with Gasteiger partial charge < -0.3 is 19.7 Å². The predicted octanol–water partition coefficient (Wildman–Crippen LogP) is 4.83. The van der Waals surface area contributed by atoms with E-state index in [0.717, 1.165) is 12.8 Å². The van der Waals surface area contributed by atoms with Crippen LogP contribution in [-0.2, 0) is 19.1 Å². The number of cyclic esters (lactones) is 2. The average Bonchev–Trinajstić information content (AvgIpc) is 2.75. The molecule has 0 saturated carbocycles. The Kier molecular flexibility index (Phi) is 14.8. The van der Waals surface area contributed by atoms with E-state index in [-0.39, 0.29) is 6.42 Å². The fraction of sp³-hybridized carbons (Fsp3) is 0.917. The van der Waals surface area contributed by atoms with E-state index in [4.69, 9.17) is 14.6 Å². The van der Waals surface area contributed by atoms with Gasteiger partial charge in [0.15, 0.2) is 0 Å². The number of esters is 2. The van der Waals surface area contributed by atoms with Crippen LogP contribution in [0.1, 0.15) is 116 Å². The van der Waals surface area contributed by atoms with Crippen molar-refractivity contribution in [1.29, 1.82) is 0 Å². The predicted molar refractivity (Wildman–Crippen MR) is 117 cm³/mol. The highest BCUT2D eigenvalue weighted by molar-refractivity contribution is 5.90. The van der Waals surface area contributed by atoms with Crippen LogP contribution >= 0.6 is 0 Å². The van der Waals surface area contributed by atoms with Gasteiger partial charge in [-0.1, -0.05) is 103 Å². The van der Waals surface area contributed by atoms with Gasteiger partial charge in [-0.15, -0.1) is 0 Å². The summed E-state index contributed by atoms with van der Waals surface area (Å²) in [6.07, 6.45) is 19.0. The standard InChI is InChI=1S/C24H44O6/c1-2-3-4-5-6-7-8-9-10-11-12-13-14-15-16-17-18-24(20-26)23(28)29-21(19-25)22(27)30-24/h21,25-26H,2-20H2,1H3. The monoisotopic (exact) mass is 428 g/mol. The summed E-state index contributed by atoms with van der Waals surface area (Å²) >= 11 is 0. The second-order valence-corrected chi connectivity index (χ2v) is 8.70. The number of carbonyl (C=O) groups is 2. The number of ether oxygens (including phenoxy) is 2. The molecule has 6 heteroatoms. The van der Waals surface area contributed by atoms with Crippen molar-refractivity contribution in [2.24, 2.45) is 0 Å². The Morgan fingerprint density at radius 3 is 1.57 bits per heavy atom. The smallest absolute Gasteiger partial charge is 0.354 e. The molecule has 0 aliphatic carbocycles. The number of hydrogen-bond acceptors (Lipinski definition) is 6. The van der Waals surface area contributed by atoms with Gasteiger partial charge >= 0.3 is 11.9 Å². The average molecular weight is 429 g/mol. The summed E-state index contributed by atoms with van der Waals surface area (Å²) in [6.45, 7) is 1.06. The zero-order valence-electron chi connectivity index (χ0n) is 19.0. The van der Waals surface area contributed by atoms with E-state index < -0.39 is 36.9 Å². The number of rotatable bonds is 19. The molecule has 0 aromatic carbocycles. The zero-order valence-corrected chi connectivity index (χ0v) is 19.0. The molecule has 30 heavy (non-hydrogen) atoms. The first-order valence-corrected chi connectivity index (χ1v) is 12.2. The fourth-order valence-corrected chi connectivity index (χ4v) is 3.98. The van der Waals surface area contributed by atoms with Crippen molar-refractivity contribution in [3.63, 3.8) is 0 Å². The molecular weight excluding hydrogens is 384 g/mol. The molecule has 1 saturated heterocycles. The summed E-state index contributed by atoms with van der Waals surface area (Å²) in [6, 6.07) is 0. The Bertz CT molecular complexity index is 467. The Morgan fingerprint density at radius 2 is 1.17 bits per heavy atom. The topological polar surface area (TPSA) is 93.1 Å². The van der Waals surface area contributed by atoms with Gasteiger partial charge in [0.25, 0.3) is 0 Å². The van der Waals surface area contributed by atoms with E-state index in [9.17, 15) is 14.7 Å². The first kappa shape index (κ1) is 26.9. The molecule has 1 aliphatic heterocycles. The fourth-order valence-electron chi connectivity index (χ4n) is 3.98. The molecule has 0 bridgehead atoms. The van der Waals surface area contributed by atoms with E-state index >= 15 is 0 Å². The third kappa shape index (κ3) is 10.3. The van der Waals surface area contributed by atoms with Crippen LogP contribution in [0.15, 0.2) is 0 Å². The van der Waals surface area contributed by atoms with Gasteiger partial charge in [0.1, 0.15) is 0 Å². The molecule has 176 valence electrons.